The number of benzene rings is 2. The van der Waals surface area contributed by atoms with Crippen molar-refractivity contribution in [2.75, 3.05) is 40.5 Å². The van der Waals surface area contributed by atoms with Crippen LogP contribution < -0.4 is 25.8 Å². The Morgan fingerprint density at radius 3 is 2.17 bits per heavy atom. The fourth-order valence-electron chi connectivity index (χ4n) is 6.39. The van der Waals surface area contributed by atoms with Gasteiger partial charge in [-0.05, 0) is 25.1 Å². The van der Waals surface area contributed by atoms with Crippen molar-refractivity contribution in [2.45, 2.75) is 74.7 Å². The monoisotopic (exact) mass is 761 g/mol. The first-order valence-corrected chi connectivity index (χ1v) is 17.3. The van der Waals surface area contributed by atoms with E-state index < -0.39 is 91.8 Å². The summed E-state index contributed by atoms with van der Waals surface area (Å²) in [6.45, 7) is -0.307. The number of phenolic OH excluding ortho intramolecular Hbond substituents is 3. The quantitative estimate of drug-likeness (QED) is 0.0587. The first kappa shape index (κ1) is 41.7. The Bertz CT molecular complexity index is 1720. The third-order valence-corrected chi connectivity index (χ3v) is 9.22. The average molecular weight is 762 g/mol. The second-order valence-electron chi connectivity index (χ2n) is 14.0. The summed E-state index contributed by atoms with van der Waals surface area (Å²) in [7, 11) is 3.67. The van der Waals surface area contributed by atoms with E-state index in [2.05, 4.69) is 26.3 Å². The molecule has 0 aliphatic carbocycles. The Labute approximate surface area is 310 Å². The Kier molecular flexibility index (Phi) is 13.8. The normalized spacial score (nSPS) is 20.8. The Hall–Kier alpha value is -5.05. The largest absolute Gasteiger partial charge is 0.507 e. The third kappa shape index (κ3) is 10.3. The van der Waals surface area contributed by atoms with Crippen molar-refractivity contribution in [3.8, 4) is 17.2 Å². The predicted molar refractivity (Wildman–Crippen MR) is 191 cm³/mol. The maximum atomic E-state index is 13.1. The molecule has 0 fully saturated rings. The summed E-state index contributed by atoms with van der Waals surface area (Å²) < 4.78 is 5.71. The van der Waals surface area contributed by atoms with E-state index in [1.165, 1.54) is 25.1 Å². The number of para-hydroxylation sites is 1. The Balaban J connectivity index is 1.28. The fourth-order valence-corrected chi connectivity index (χ4v) is 6.39. The van der Waals surface area contributed by atoms with Gasteiger partial charge in [0.25, 0.3) is 0 Å². The molecule has 12 N–H and O–H groups in total. The van der Waals surface area contributed by atoms with Crippen LogP contribution in [0.3, 0.4) is 0 Å². The number of fused-ring (bicyclic) bond motifs is 1. The lowest BCUT2D eigenvalue weighted by molar-refractivity contribution is -0.136. The minimum Gasteiger partial charge on any atom is -0.507 e. The van der Waals surface area contributed by atoms with Gasteiger partial charge in [0, 0.05) is 24.5 Å². The van der Waals surface area contributed by atoms with E-state index in [0.29, 0.717) is 17.7 Å². The van der Waals surface area contributed by atoms with Gasteiger partial charge in [0.05, 0.1) is 63.6 Å². The molecular weight excluding hydrogens is 712 g/mol. The molecule has 19 heteroatoms. The molecule has 4 amide bonds. The van der Waals surface area contributed by atoms with E-state index in [0.717, 1.165) is 5.69 Å². The van der Waals surface area contributed by atoms with E-state index in [4.69, 9.17) is 4.74 Å². The number of nitrogens with one attached hydrogen (secondary N) is 4. The highest BCUT2D eigenvalue weighted by atomic mass is 16.5. The van der Waals surface area contributed by atoms with Gasteiger partial charge in [-0.15, -0.1) is 0 Å². The van der Waals surface area contributed by atoms with Crippen molar-refractivity contribution in [3.05, 3.63) is 47.5 Å². The lowest BCUT2D eigenvalue weighted by Gasteiger charge is -2.39. The molecule has 2 aromatic carbocycles. The van der Waals surface area contributed by atoms with Crippen molar-refractivity contribution in [1.82, 2.24) is 25.8 Å². The van der Waals surface area contributed by atoms with Crippen LogP contribution >= 0.6 is 0 Å². The number of ether oxygens (including phenoxy) is 1. The molecule has 2 aliphatic heterocycles. The van der Waals surface area contributed by atoms with Crippen LogP contribution in [-0.4, -0.2) is 159 Å². The lowest BCUT2D eigenvalue weighted by atomic mass is 9.95. The number of carbonyl (C=O) groups excluding carboxylic acids is 4. The summed E-state index contributed by atoms with van der Waals surface area (Å²) in [4.78, 5) is 56.2. The molecule has 4 rings (SSSR count). The van der Waals surface area contributed by atoms with Crippen LogP contribution in [0.15, 0.2) is 41.4 Å². The molecule has 0 aromatic heterocycles. The number of aliphatic hydroxyl groups is 5. The van der Waals surface area contributed by atoms with Gasteiger partial charge in [0.2, 0.25) is 29.5 Å². The van der Waals surface area contributed by atoms with E-state index in [9.17, 15) is 60.0 Å². The van der Waals surface area contributed by atoms with Crippen LogP contribution in [0, 0.1) is 0 Å². The fraction of sp³-hybridized carbons (Fsp3) is 0.514. The van der Waals surface area contributed by atoms with Gasteiger partial charge >= 0.3 is 0 Å². The van der Waals surface area contributed by atoms with Crippen LogP contribution in [0.1, 0.15) is 30.9 Å². The number of aliphatic hydroxyl groups excluding tert-OH is 5. The zero-order valence-corrected chi connectivity index (χ0v) is 30.0. The molecule has 2 aliphatic rings. The van der Waals surface area contributed by atoms with E-state index in [1.807, 2.05) is 14.1 Å². The molecule has 19 nitrogen and oxygen atoms in total. The number of hydrogen-bond donors (Lipinski definition) is 12. The van der Waals surface area contributed by atoms with Gasteiger partial charge in [-0.3, -0.25) is 23.7 Å². The highest BCUT2D eigenvalue weighted by molar-refractivity contribution is 5.97. The highest BCUT2D eigenvalue weighted by Gasteiger charge is 2.38. The van der Waals surface area contributed by atoms with Crippen LogP contribution in [-0.2, 0) is 30.3 Å². The zero-order valence-electron chi connectivity index (χ0n) is 30.0. The predicted octanol–water partition coefficient (Wildman–Crippen LogP) is -3.42. The maximum absolute atomic E-state index is 13.1. The summed E-state index contributed by atoms with van der Waals surface area (Å²) >= 11 is 0. The first-order chi connectivity index (χ1) is 25.4. The van der Waals surface area contributed by atoms with Crippen LogP contribution in [0.4, 0.5) is 5.69 Å². The number of aliphatic imine (C=N–C) groups is 1. The van der Waals surface area contributed by atoms with Crippen LogP contribution in [0.2, 0.25) is 0 Å². The molecule has 8 atom stereocenters. The molecular formula is C35H49N6O13+. The molecule has 0 bridgehead atoms. The van der Waals surface area contributed by atoms with Gasteiger partial charge in [-0.25, -0.2) is 4.99 Å². The molecule has 296 valence electrons. The summed E-state index contributed by atoms with van der Waals surface area (Å²) in [5, 5.41) is 90.6. The minimum atomic E-state index is -1.68. The number of nitrogens with zero attached hydrogens (tertiary/aromatic N) is 2. The summed E-state index contributed by atoms with van der Waals surface area (Å²) in [6.07, 6.45) is -4.80. The highest BCUT2D eigenvalue weighted by Crippen LogP contribution is 2.38. The SMILES string of the molecule is C[C@@H](O)[C@H](NC(=O)CC(O)CC(O)C1COC(c2ccccc2O)=N1)C(=O)N[C@H](CO)C(=O)N[C@@H](CO)C(=O)NC1Cc2cc(O)c(O)cc2[N+](C)(C)C1. The number of aromatic hydroxyl groups is 3. The standard InChI is InChI=1S/C35H48N6O13/c1-17(44)31(40-30(50)11-20(45)10-27(47)24-16-54-35(39-24)21-6-4-5-7-26(21)46)34(53)38-23(15-43)33(52)37-22(14-42)32(51)36-19-8-18-9-28(48)29(49)12-25(18)41(2,3)13-19/h4-7,9,12,17,19-20,22-24,27,31,42-45,47H,8,10-11,13-16H2,1-3H3,(H6-,36,37,38,39,40,46,48,49,50,51,52,53)/p+1/t17-,19?,20?,22+,23-,24?,27?,31+/m1/s1. The molecule has 4 unspecified atom stereocenters. The smallest absolute Gasteiger partial charge is 0.245 e. The van der Waals surface area contributed by atoms with Crippen molar-refractivity contribution in [3.63, 3.8) is 0 Å². The van der Waals surface area contributed by atoms with E-state index in [1.54, 1.807) is 18.2 Å². The van der Waals surface area contributed by atoms with Crippen molar-refractivity contribution < 1.29 is 64.8 Å². The lowest BCUT2D eigenvalue weighted by Crippen LogP contribution is -2.62. The second-order valence-corrected chi connectivity index (χ2v) is 14.0. The maximum Gasteiger partial charge on any atom is 0.245 e. The summed E-state index contributed by atoms with van der Waals surface area (Å²) in [5.74, 6) is -4.37. The van der Waals surface area contributed by atoms with Gasteiger partial charge in [-0.1, -0.05) is 12.1 Å². The van der Waals surface area contributed by atoms with Crippen molar-refractivity contribution in [2.24, 2.45) is 4.99 Å². The summed E-state index contributed by atoms with van der Waals surface area (Å²) in [5.41, 5.74) is 1.73. The number of hydrogen-bond acceptors (Lipinski definition) is 14. The molecule has 2 heterocycles. The molecule has 0 saturated heterocycles. The number of rotatable bonds is 16. The van der Waals surface area contributed by atoms with Gasteiger partial charge in [-0.2, -0.15) is 0 Å². The van der Waals surface area contributed by atoms with Gasteiger partial charge in [0.15, 0.2) is 11.5 Å². The molecule has 0 spiro atoms. The van der Waals surface area contributed by atoms with Crippen molar-refractivity contribution >= 4 is 35.2 Å². The van der Waals surface area contributed by atoms with E-state index in [-0.39, 0.29) is 47.1 Å². The minimum absolute atomic E-state index is 0.0382. The Morgan fingerprint density at radius 2 is 1.52 bits per heavy atom. The molecule has 54 heavy (non-hydrogen) atoms. The summed E-state index contributed by atoms with van der Waals surface area (Å²) in [6, 6.07) is 3.03. The molecule has 0 radical (unpaired) electrons. The van der Waals surface area contributed by atoms with Crippen LogP contribution in [0.5, 0.6) is 17.2 Å². The number of phenols is 3. The van der Waals surface area contributed by atoms with Gasteiger partial charge in [0.1, 0.15) is 48.8 Å². The molecule has 0 saturated carbocycles. The number of likely N-dealkylation sites (N-methyl/N-ethyl adjacent to an activating group) is 1. The average Bonchev–Trinajstić information content (AvgIpc) is 3.59. The zero-order chi connectivity index (χ0) is 39.9. The third-order valence-electron chi connectivity index (χ3n) is 9.22. The van der Waals surface area contributed by atoms with E-state index >= 15 is 0 Å². The number of amides is 4. The molecule has 2 aromatic rings. The Morgan fingerprint density at radius 1 is 0.889 bits per heavy atom. The van der Waals surface area contributed by atoms with Crippen molar-refractivity contribution in [1.29, 1.82) is 0 Å². The second kappa shape index (κ2) is 17.9. The number of quaternary nitrogens is 1. The van der Waals surface area contributed by atoms with Crippen LogP contribution in [0.25, 0.3) is 0 Å². The number of carbonyl (C=O) groups is 4. The topological polar surface area (TPSA) is 300 Å². The first-order valence-electron chi connectivity index (χ1n) is 17.3. The van der Waals surface area contributed by atoms with Gasteiger partial charge < -0.3 is 66.9 Å².